The Bertz CT molecular complexity index is 509. The third kappa shape index (κ3) is 4.55. The fourth-order valence-corrected chi connectivity index (χ4v) is 2.08. The summed E-state index contributed by atoms with van der Waals surface area (Å²) in [4.78, 5) is 11.9. The molecule has 1 heterocycles. The largest absolute Gasteiger partial charge is 0.469 e. The van der Waals surface area contributed by atoms with Gasteiger partial charge in [-0.1, -0.05) is 30.3 Å². The molecule has 4 nitrogen and oxygen atoms in total. The van der Waals surface area contributed by atoms with Crippen LogP contribution in [0.4, 0.5) is 0 Å². The Labute approximate surface area is 119 Å². The summed E-state index contributed by atoms with van der Waals surface area (Å²) in [5.41, 5.74) is 6.90. The van der Waals surface area contributed by atoms with Crippen molar-refractivity contribution in [1.29, 1.82) is 0 Å². The average Bonchev–Trinajstić information content (AvgIpc) is 2.99. The molecule has 4 heteroatoms. The number of hydrogen-bond donors (Lipinski definition) is 2. The molecule has 0 aliphatic rings. The van der Waals surface area contributed by atoms with Crippen molar-refractivity contribution in [3.63, 3.8) is 0 Å². The van der Waals surface area contributed by atoms with E-state index in [-0.39, 0.29) is 11.9 Å². The van der Waals surface area contributed by atoms with Gasteiger partial charge in [-0.2, -0.15) is 0 Å². The van der Waals surface area contributed by atoms with Crippen molar-refractivity contribution in [2.24, 2.45) is 5.73 Å². The summed E-state index contributed by atoms with van der Waals surface area (Å²) in [7, 11) is 0. The lowest BCUT2D eigenvalue weighted by Gasteiger charge is -2.16. The summed E-state index contributed by atoms with van der Waals surface area (Å²) >= 11 is 0. The number of furan rings is 1. The van der Waals surface area contributed by atoms with Gasteiger partial charge < -0.3 is 15.5 Å². The second-order valence-electron chi connectivity index (χ2n) is 4.77. The number of nitrogens with two attached hydrogens (primary N) is 1. The second kappa shape index (κ2) is 7.50. The van der Waals surface area contributed by atoms with Crippen LogP contribution in [0.5, 0.6) is 0 Å². The van der Waals surface area contributed by atoms with E-state index in [4.69, 9.17) is 10.2 Å². The monoisotopic (exact) mass is 272 g/mol. The number of carbonyl (C=O) groups excluding carboxylic acids is 1. The van der Waals surface area contributed by atoms with Crippen LogP contribution in [0.15, 0.2) is 53.1 Å². The SMILES string of the molecule is NCC(Cc1ccccc1)NC(=O)CCc1ccco1. The smallest absolute Gasteiger partial charge is 0.220 e. The van der Waals surface area contributed by atoms with Gasteiger partial charge in [0.05, 0.1) is 6.26 Å². The molecule has 1 unspecified atom stereocenters. The lowest BCUT2D eigenvalue weighted by molar-refractivity contribution is -0.121. The maximum Gasteiger partial charge on any atom is 0.220 e. The van der Waals surface area contributed by atoms with Crippen LogP contribution in [-0.2, 0) is 17.6 Å². The van der Waals surface area contributed by atoms with Crippen LogP contribution >= 0.6 is 0 Å². The van der Waals surface area contributed by atoms with E-state index in [1.807, 2.05) is 42.5 Å². The van der Waals surface area contributed by atoms with Crippen molar-refractivity contribution in [3.8, 4) is 0 Å². The molecular formula is C16H20N2O2. The van der Waals surface area contributed by atoms with Gasteiger partial charge in [0.25, 0.3) is 0 Å². The molecule has 106 valence electrons. The highest BCUT2D eigenvalue weighted by molar-refractivity contribution is 5.76. The number of hydrogen-bond acceptors (Lipinski definition) is 3. The minimum absolute atomic E-state index is 0.00720. The fourth-order valence-electron chi connectivity index (χ4n) is 2.08. The van der Waals surface area contributed by atoms with Gasteiger partial charge in [-0.25, -0.2) is 0 Å². The highest BCUT2D eigenvalue weighted by Gasteiger charge is 2.11. The molecule has 0 saturated carbocycles. The fraction of sp³-hybridized carbons (Fsp3) is 0.312. The van der Waals surface area contributed by atoms with E-state index < -0.39 is 0 Å². The van der Waals surface area contributed by atoms with Crippen molar-refractivity contribution in [2.45, 2.75) is 25.3 Å². The van der Waals surface area contributed by atoms with Crippen LogP contribution in [-0.4, -0.2) is 18.5 Å². The molecule has 0 fully saturated rings. The predicted molar refractivity (Wildman–Crippen MR) is 78.2 cm³/mol. The first-order valence-electron chi connectivity index (χ1n) is 6.83. The quantitative estimate of drug-likeness (QED) is 0.809. The molecule has 0 aliphatic heterocycles. The van der Waals surface area contributed by atoms with Crippen LogP contribution in [0, 0.1) is 0 Å². The summed E-state index contributed by atoms with van der Waals surface area (Å²) in [5, 5.41) is 2.97. The van der Waals surface area contributed by atoms with Crippen molar-refractivity contribution in [1.82, 2.24) is 5.32 Å². The van der Waals surface area contributed by atoms with Gasteiger partial charge in [-0.05, 0) is 24.1 Å². The average molecular weight is 272 g/mol. The van der Waals surface area contributed by atoms with Crippen molar-refractivity contribution in [3.05, 3.63) is 60.1 Å². The zero-order valence-corrected chi connectivity index (χ0v) is 11.4. The molecule has 0 bridgehead atoms. The summed E-state index contributed by atoms with van der Waals surface area (Å²) in [6.07, 6.45) is 3.40. The van der Waals surface area contributed by atoms with E-state index in [0.717, 1.165) is 12.2 Å². The molecule has 20 heavy (non-hydrogen) atoms. The molecule has 2 aromatic rings. The predicted octanol–water partition coefficient (Wildman–Crippen LogP) is 1.90. The van der Waals surface area contributed by atoms with Gasteiger partial charge in [0.1, 0.15) is 5.76 Å². The number of aryl methyl sites for hydroxylation is 1. The van der Waals surface area contributed by atoms with Gasteiger partial charge in [-0.15, -0.1) is 0 Å². The molecule has 1 aromatic carbocycles. The summed E-state index contributed by atoms with van der Waals surface area (Å²) in [5.74, 6) is 0.834. The molecule has 1 amide bonds. The van der Waals surface area contributed by atoms with Crippen molar-refractivity contribution < 1.29 is 9.21 Å². The van der Waals surface area contributed by atoms with Crippen LogP contribution in [0.25, 0.3) is 0 Å². The Kier molecular flexibility index (Phi) is 5.38. The summed E-state index contributed by atoms with van der Waals surface area (Å²) < 4.78 is 5.21. The number of rotatable bonds is 7. The molecule has 0 radical (unpaired) electrons. The van der Waals surface area contributed by atoms with Gasteiger partial charge in [-0.3, -0.25) is 4.79 Å². The molecular weight excluding hydrogens is 252 g/mol. The highest BCUT2D eigenvalue weighted by atomic mass is 16.3. The minimum atomic E-state index is -0.0264. The van der Waals surface area contributed by atoms with E-state index in [2.05, 4.69) is 5.32 Å². The lowest BCUT2D eigenvalue weighted by Crippen LogP contribution is -2.41. The molecule has 2 rings (SSSR count). The Morgan fingerprint density at radius 3 is 2.65 bits per heavy atom. The molecule has 0 aliphatic carbocycles. The zero-order valence-electron chi connectivity index (χ0n) is 11.4. The molecule has 3 N–H and O–H groups in total. The number of amides is 1. The Balaban J connectivity index is 1.79. The van der Waals surface area contributed by atoms with Gasteiger partial charge in [0.15, 0.2) is 0 Å². The van der Waals surface area contributed by atoms with Crippen LogP contribution in [0.3, 0.4) is 0 Å². The molecule has 0 spiro atoms. The van der Waals surface area contributed by atoms with E-state index in [1.54, 1.807) is 6.26 Å². The Morgan fingerprint density at radius 2 is 2.00 bits per heavy atom. The topological polar surface area (TPSA) is 68.3 Å². The van der Waals surface area contributed by atoms with E-state index in [9.17, 15) is 4.79 Å². The van der Waals surface area contributed by atoms with Crippen molar-refractivity contribution >= 4 is 5.91 Å². The summed E-state index contributed by atoms with van der Waals surface area (Å²) in [6.45, 7) is 0.432. The van der Waals surface area contributed by atoms with Gasteiger partial charge in [0, 0.05) is 25.4 Å². The van der Waals surface area contributed by atoms with Gasteiger partial charge >= 0.3 is 0 Å². The maximum atomic E-state index is 11.9. The third-order valence-electron chi connectivity index (χ3n) is 3.15. The second-order valence-corrected chi connectivity index (χ2v) is 4.77. The molecule has 1 atom stereocenters. The number of carbonyl (C=O) groups is 1. The van der Waals surface area contributed by atoms with E-state index in [0.29, 0.717) is 19.4 Å². The first-order chi connectivity index (χ1) is 9.78. The Morgan fingerprint density at radius 1 is 1.20 bits per heavy atom. The van der Waals surface area contributed by atoms with E-state index >= 15 is 0 Å². The Hall–Kier alpha value is -2.07. The van der Waals surface area contributed by atoms with Crippen LogP contribution in [0.2, 0.25) is 0 Å². The zero-order chi connectivity index (χ0) is 14.2. The summed E-state index contributed by atoms with van der Waals surface area (Å²) in [6, 6.07) is 13.7. The van der Waals surface area contributed by atoms with Crippen LogP contribution in [0.1, 0.15) is 17.7 Å². The number of nitrogens with one attached hydrogen (secondary N) is 1. The molecule has 1 aromatic heterocycles. The highest BCUT2D eigenvalue weighted by Crippen LogP contribution is 2.05. The lowest BCUT2D eigenvalue weighted by atomic mass is 10.1. The minimum Gasteiger partial charge on any atom is -0.469 e. The van der Waals surface area contributed by atoms with Gasteiger partial charge in [0.2, 0.25) is 5.91 Å². The first kappa shape index (κ1) is 14.3. The van der Waals surface area contributed by atoms with Crippen molar-refractivity contribution in [2.75, 3.05) is 6.54 Å². The van der Waals surface area contributed by atoms with Crippen LogP contribution < -0.4 is 11.1 Å². The standard InChI is InChI=1S/C16H20N2O2/c17-12-14(11-13-5-2-1-3-6-13)18-16(19)9-8-15-7-4-10-20-15/h1-7,10,14H,8-9,11-12,17H2,(H,18,19). The maximum absolute atomic E-state index is 11.9. The first-order valence-corrected chi connectivity index (χ1v) is 6.83. The van der Waals surface area contributed by atoms with E-state index in [1.165, 1.54) is 5.56 Å². The number of benzene rings is 1. The normalized spacial score (nSPS) is 12.1. The third-order valence-corrected chi connectivity index (χ3v) is 3.15. The molecule has 0 saturated heterocycles.